The predicted octanol–water partition coefficient (Wildman–Crippen LogP) is 3.62. The lowest BCUT2D eigenvalue weighted by molar-refractivity contribution is -0.385. The first-order chi connectivity index (χ1) is 15.4. The average Bonchev–Trinajstić information content (AvgIpc) is 3.30. The Balaban J connectivity index is 1.81. The van der Waals surface area contributed by atoms with E-state index < -0.39 is 11.0 Å². The largest absolute Gasteiger partial charge is 0.497 e. The highest BCUT2D eigenvalue weighted by Gasteiger charge is 2.29. The highest BCUT2D eigenvalue weighted by molar-refractivity contribution is 5.88. The third-order valence-electron chi connectivity index (χ3n) is 5.91. The Bertz CT molecular complexity index is 954. The molecule has 2 amide bonds. The molecule has 8 nitrogen and oxygen atoms in total. The summed E-state index contributed by atoms with van der Waals surface area (Å²) in [6.07, 6.45) is 3.91. The smallest absolute Gasteiger partial charge is 0.273 e. The number of nitrogens with zero attached hydrogens (tertiary/aromatic N) is 2. The molecule has 1 saturated carbocycles. The van der Waals surface area contributed by atoms with Gasteiger partial charge in [0.25, 0.3) is 5.69 Å². The van der Waals surface area contributed by atoms with Gasteiger partial charge in [-0.15, -0.1) is 0 Å². The van der Waals surface area contributed by atoms with Crippen molar-refractivity contribution in [2.45, 2.75) is 57.7 Å². The van der Waals surface area contributed by atoms with E-state index in [-0.39, 0.29) is 36.5 Å². The summed E-state index contributed by atoms with van der Waals surface area (Å²) in [4.78, 5) is 38.6. The van der Waals surface area contributed by atoms with E-state index in [0.717, 1.165) is 31.2 Å². The summed E-state index contributed by atoms with van der Waals surface area (Å²) >= 11 is 0. The molecule has 1 atom stereocenters. The molecule has 170 valence electrons. The Labute approximate surface area is 187 Å². The molecule has 3 rings (SSSR count). The van der Waals surface area contributed by atoms with Gasteiger partial charge >= 0.3 is 0 Å². The van der Waals surface area contributed by atoms with Crippen LogP contribution in [0.25, 0.3) is 0 Å². The van der Waals surface area contributed by atoms with Gasteiger partial charge in [0.15, 0.2) is 0 Å². The van der Waals surface area contributed by atoms with Gasteiger partial charge in [-0.1, -0.05) is 43.2 Å². The quantitative estimate of drug-likeness (QED) is 0.475. The van der Waals surface area contributed by atoms with Crippen LogP contribution in [0.3, 0.4) is 0 Å². The van der Waals surface area contributed by atoms with Crippen molar-refractivity contribution in [1.82, 2.24) is 10.2 Å². The maximum absolute atomic E-state index is 13.3. The molecule has 0 saturated heterocycles. The number of benzene rings is 2. The number of nitrogens with one attached hydrogen (secondary N) is 1. The third-order valence-corrected chi connectivity index (χ3v) is 5.91. The number of para-hydroxylation sites is 1. The van der Waals surface area contributed by atoms with Gasteiger partial charge in [0.1, 0.15) is 11.8 Å². The van der Waals surface area contributed by atoms with Gasteiger partial charge in [-0.05, 0) is 37.5 Å². The van der Waals surface area contributed by atoms with Gasteiger partial charge in [0.2, 0.25) is 11.8 Å². The van der Waals surface area contributed by atoms with Crippen LogP contribution in [0.5, 0.6) is 5.75 Å². The second kappa shape index (κ2) is 10.7. The minimum absolute atomic E-state index is 0.103. The molecule has 0 heterocycles. The molecule has 0 aromatic heterocycles. The second-order valence-corrected chi connectivity index (χ2v) is 8.10. The number of amides is 2. The molecule has 0 unspecified atom stereocenters. The molecule has 0 radical (unpaired) electrons. The van der Waals surface area contributed by atoms with Gasteiger partial charge in [0, 0.05) is 24.2 Å². The second-order valence-electron chi connectivity index (χ2n) is 8.10. The SMILES string of the molecule is COc1ccc(CN(C(=O)Cc2ccccc2[N+](=O)[O-])[C@H](C)C(=O)NC2CCCC2)cc1. The van der Waals surface area contributed by atoms with Crippen molar-refractivity contribution in [3.05, 3.63) is 69.8 Å². The first kappa shape index (κ1) is 23.2. The van der Waals surface area contributed by atoms with Crippen molar-refractivity contribution in [2.24, 2.45) is 0 Å². The first-order valence-electron chi connectivity index (χ1n) is 10.8. The molecule has 1 fully saturated rings. The van der Waals surface area contributed by atoms with Crippen molar-refractivity contribution in [2.75, 3.05) is 7.11 Å². The van der Waals surface area contributed by atoms with E-state index >= 15 is 0 Å². The fraction of sp³-hybridized carbons (Fsp3) is 0.417. The van der Waals surface area contributed by atoms with Crippen molar-refractivity contribution in [3.63, 3.8) is 0 Å². The number of hydrogen-bond acceptors (Lipinski definition) is 5. The monoisotopic (exact) mass is 439 g/mol. The van der Waals surface area contributed by atoms with Crippen LogP contribution >= 0.6 is 0 Å². The van der Waals surface area contributed by atoms with Gasteiger partial charge in [-0.25, -0.2) is 0 Å². The van der Waals surface area contributed by atoms with Crippen LogP contribution in [0, 0.1) is 10.1 Å². The average molecular weight is 440 g/mol. The predicted molar refractivity (Wildman–Crippen MR) is 120 cm³/mol. The number of hydrogen-bond donors (Lipinski definition) is 1. The van der Waals surface area contributed by atoms with E-state index in [9.17, 15) is 19.7 Å². The van der Waals surface area contributed by atoms with E-state index in [1.807, 2.05) is 12.1 Å². The number of carbonyl (C=O) groups is 2. The lowest BCUT2D eigenvalue weighted by Gasteiger charge is -2.30. The zero-order valence-corrected chi connectivity index (χ0v) is 18.5. The molecule has 0 bridgehead atoms. The highest BCUT2D eigenvalue weighted by Crippen LogP contribution is 2.22. The molecule has 0 aliphatic heterocycles. The molecule has 1 aliphatic carbocycles. The summed E-state index contributed by atoms with van der Waals surface area (Å²) in [6.45, 7) is 1.91. The van der Waals surface area contributed by atoms with Gasteiger partial charge in [-0.3, -0.25) is 19.7 Å². The first-order valence-corrected chi connectivity index (χ1v) is 10.8. The molecular weight excluding hydrogens is 410 g/mol. The fourth-order valence-electron chi connectivity index (χ4n) is 4.01. The molecule has 32 heavy (non-hydrogen) atoms. The van der Waals surface area contributed by atoms with Gasteiger partial charge in [-0.2, -0.15) is 0 Å². The number of nitro benzene ring substituents is 1. The zero-order chi connectivity index (χ0) is 23.1. The van der Waals surface area contributed by atoms with Crippen LogP contribution in [0.2, 0.25) is 0 Å². The number of nitro groups is 1. The van der Waals surface area contributed by atoms with Gasteiger partial charge < -0.3 is 15.0 Å². The molecule has 1 aliphatic rings. The number of rotatable bonds is 9. The third kappa shape index (κ3) is 5.84. The maximum atomic E-state index is 13.3. The summed E-state index contributed by atoms with van der Waals surface area (Å²) in [5.41, 5.74) is 1.06. The normalized spacial score (nSPS) is 14.6. The summed E-state index contributed by atoms with van der Waals surface area (Å²) in [5.74, 6) is 0.143. The zero-order valence-electron chi connectivity index (χ0n) is 18.5. The van der Waals surface area contributed by atoms with Crippen LogP contribution in [0.15, 0.2) is 48.5 Å². The molecular formula is C24H29N3O5. The van der Waals surface area contributed by atoms with E-state index in [0.29, 0.717) is 11.3 Å². The van der Waals surface area contributed by atoms with Crippen molar-refractivity contribution >= 4 is 17.5 Å². The van der Waals surface area contributed by atoms with Crippen LogP contribution < -0.4 is 10.1 Å². The molecule has 2 aromatic carbocycles. The van der Waals surface area contributed by atoms with Gasteiger partial charge in [0.05, 0.1) is 18.5 Å². The van der Waals surface area contributed by atoms with Crippen molar-refractivity contribution < 1.29 is 19.2 Å². The summed E-state index contributed by atoms with van der Waals surface area (Å²) in [5, 5.41) is 14.4. The Morgan fingerprint density at radius 2 is 1.81 bits per heavy atom. The Kier molecular flexibility index (Phi) is 7.81. The lowest BCUT2D eigenvalue weighted by Crippen LogP contribution is -2.50. The van der Waals surface area contributed by atoms with Crippen molar-refractivity contribution in [1.29, 1.82) is 0 Å². The summed E-state index contributed by atoms with van der Waals surface area (Å²) < 4.78 is 5.19. The molecule has 8 heteroatoms. The molecule has 1 N–H and O–H groups in total. The summed E-state index contributed by atoms with van der Waals surface area (Å²) in [7, 11) is 1.58. The van der Waals surface area contributed by atoms with Crippen LogP contribution in [0.1, 0.15) is 43.7 Å². The van der Waals surface area contributed by atoms with Crippen molar-refractivity contribution in [3.8, 4) is 5.75 Å². The van der Waals surface area contributed by atoms with Crippen LogP contribution in [-0.4, -0.2) is 40.8 Å². The Morgan fingerprint density at radius 1 is 1.16 bits per heavy atom. The maximum Gasteiger partial charge on any atom is 0.273 e. The Morgan fingerprint density at radius 3 is 2.44 bits per heavy atom. The fourth-order valence-corrected chi connectivity index (χ4v) is 4.01. The van der Waals surface area contributed by atoms with E-state index in [2.05, 4.69) is 5.32 Å². The van der Waals surface area contributed by atoms with E-state index in [1.54, 1.807) is 44.4 Å². The van der Waals surface area contributed by atoms with Crippen LogP contribution in [0.4, 0.5) is 5.69 Å². The molecule has 2 aromatic rings. The molecule has 0 spiro atoms. The Hall–Kier alpha value is -3.42. The summed E-state index contributed by atoms with van der Waals surface area (Å²) in [6, 6.07) is 12.9. The minimum atomic E-state index is -0.715. The highest BCUT2D eigenvalue weighted by atomic mass is 16.6. The number of methoxy groups -OCH3 is 1. The van der Waals surface area contributed by atoms with E-state index in [1.165, 1.54) is 11.0 Å². The van der Waals surface area contributed by atoms with Crippen LogP contribution in [-0.2, 0) is 22.6 Å². The number of ether oxygens (including phenoxy) is 1. The van der Waals surface area contributed by atoms with E-state index in [4.69, 9.17) is 4.74 Å². The lowest BCUT2D eigenvalue weighted by atomic mass is 10.1. The standard InChI is InChI=1S/C24H29N3O5/c1-17(24(29)25-20-8-4-5-9-20)26(16-18-11-13-21(32-2)14-12-18)23(28)15-19-7-3-6-10-22(19)27(30)31/h3,6-7,10-14,17,20H,4-5,8-9,15-16H2,1-2H3,(H,25,29)/t17-/m1/s1. The number of carbonyl (C=O) groups excluding carboxylic acids is 2. The minimum Gasteiger partial charge on any atom is -0.497 e. The topological polar surface area (TPSA) is 102 Å².